The molecule has 1 saturated carbocycles. The van der Waals surface area contributed by atoms with Gasteiger partial charge < -0.3 is 11.1 Å². The van der Waals surface area contributed by atoms with Crippen molar-refractivity contribution in [2.24, 2.45) is 5.73 Å². The average molecular weight is 331 g/mol. The van der Waals surface area contributed by atoms with Gasteiger partial charge in [-0.15, -0.1) is 0 Å². The molecule has 2 aromatic carbocycles. The summed E-state index contributed by atoms with van der Waals surface area (Å²) in [5.74, 6) is 0.805. The van der Waals surface area contributed by atoms with Crippen LogP contribution in [0.5, 0.6) is 0 Å². The third-order valence-corrected chi connectivity index (χ3v) is 4.34. The van der Waals surface area contributed by atoms with E-state index >= 15 is 0 Å². The lowest BCUT2D eigenvalue weighted by atomic mass is 10.0. The second kappa shape index (κ2) is 5.98. The van der Waals surface area contributed by atoms with E-state index in [9.17, 15) is 0 Å². The summed E-state index contributed by atoms with van der Waals surface area (Å²) in [4.78, 5) is 0. The fourth-order valence-corrected chi connectivity index (χ4v) is 2.71. The van der Waals surface area contributed by atoms with Crippen LogP contribution in [-0.2, 0) is 0 Å². The molecule has 3 heteroatoms. The van der Waals surface area contributed by atoms with Crippen LogP contribution in [-0.4, -0.2) is 6.54 Å². The van der Waals surface area contributed by atoms with E-state index in [0.717, 1.165) is 16.1 Å². The molecule has 0 saturated heterocycles. The maximum atomic E-state index is 5.92. The Balaban J connectivity index is 1.73. The maximum Gasteiger partial charge on any atom is 0.0636 e. The van der Waals surface area contributed by atoms with E-state index in [4.69, 9.17) is 5.73 Å². The molecule has 0 radical (unpaired) electrons. The number of hydrogen-bond acceptors (Lipinski definition) is 2. The van der Waals surface area contributed by atoms with Gasteiger partial charge in [0.15, 0.2) is 0 Å². The first-order valence-corrected chi connectivity index (χ1v) is 7.87. The van der Waals surface area contributed by atoms with Gasteiger partial charge in [-0.3, -0.25) is 0 Å². The predicted octanol–water partition coefficient (Wildman–Crippen LogP) is 4.44. The van der Waals surface area contributed by atoms with Gasteiger partial charge in [0.1, 0.15) is 0 Å². The molecule has 3 rings (SSSR count). The molecule has 1 atom stereocenters. The highest BCUT2D eigenvalue weighted by molar-refractivity contribution is 9.10. The van der Waals surface area contributed by atoms with Crippen molar-refractivity contribution in [3.05, 3.63) is 64.1 Å². The van der Waals surface area contributed by atoms with Crippen molar-refractivity contribution >= 4 is 21.6 Å². The smallest absolute Gasteiger partial charge is 0.0636 e. The summed E-state index contributed by atoms with van der Waals surface area (Å²) in [5.41, 5.74) is 9.73. The van der Waals surface area contributed by atoms with Crippen molar-refractivity contribution in [2.45, 2.75) is 24.8 Å². The normalized spacial score (nSPS) is 15.9. The number of hydrogen-bond donors (Lipinski definition) is 2. The molecular formula is C17H19BrN2. The van der Waals surface area contributed by atoms with E-state index < -0.39 is 0 Å². The SMILES string of the molecule is NCC(Nc1ccc(Br)cc1)c1ccc(C2CC2)cc1. The van der Waals surface area contributed by atoms with E-state index in [1.807, 2.05) is 12.1 Å². The number of anilines is 1. The van der Waals surface area contributed by atoms with Gasteiger partial charge >= 0.3 is 0 Å². The molecule has 1 aliphatic rings. The van der Waals surface area contributed by atoms with Crippen LogP contribution in [0.15, 0.2) is 53.0 Å². The van der Waals surface area contributed by atoms with Gasteiger partial charge in [0.05, 0.1) is 6.04 Å². The predicted molar refractivity (Wildman–Crippen MR) is 88.0 cm³/mol. The maximum absolute atomic E-state index is 5.92. The summed E-state index contributed by atoms with van der Waals surface area (Å²) in [6.45, 7) is 0.582. The van der Waals surface area contributed by atoms with Gasteiger partial charge in [0.25, 0.3) is 0 Å². The van der Waals surface area contributed by atoms with Crippen LogP contribution in [0, 0.1) is 0 Å². The molecular weight excluding hydrogens is 312 g/mol. The van der Waals surface area contributed by atoms with Crippen molar-refractivity contribution in [3.8, 4) is 0 Å². The molecule has 2 nitrogen and oxygen atoms in total. The number of benzene rings is 2. The molecule has 0 spiro atoms. The van der Waals surface area contributed by atoms with Crippen LogP contribution < -0.4 is 11.1 Å². The summed E-state index contributed by atoms with van der Waals surface area (Å²) in [7, 11) is 0. The zero-order valence-corrected chi connectivity index (χ0v) is 12.9. The van der Waals surface area contributed by atoms with Crippen molar-refractivity contribution in [2.75, 3.05) is 11.9 Å². The zero-order chi connectivity index (χ0) is 13.9. The van der Waals surface area contributed by atoms with Gasteiger partial charge in [0.2, 0.25) is 0 Å². The molecule has 0 bridgehead atoms. The average Bonchev–Trinajstić information content (AvgIpc) is 3.32. The molecule has 20 heavy (non-hydrogen) atoms. The Hall–Kier alpha value is -1.32. The van der Waals surface area contributed by atoms with Crippen LogP contribution >= 0.6 is 15.9 Å². The zero-order valence-electron chi connectivity index (χ0n) is 11.4. The second-order valence-corrected chi connectivity index (χ2v) is 6.30. The van der Waals surface area contributed by atoms with Crippen molar-refractivity contribution in [3.63, 3.8) is 0 Å². The van der Waals surface area contributed by atoms with Crippen molar-refractivity contribution in [1.29, 1.82) is 0 Å². The van der Waals surface area contributed by atoms with Gasteiger partial charge in [-0.25, -0.2) is 0 Å². The fourth-order valence-electron chi connectivity index (χ4n) is 2.44. The van der Waals surface area contributed by atoms with E-state index in [1.54, 1.807) is 0 Å². The van der Waals surface area contributed by atoms with Gasteiger partial charge in [-0.05, 0) is 54.2 Å². The summed E-state index contributed by atoms with van der Waals surface area (Å²) < 4.78 is 1.08. The second-order valence-electron chi connectivity index (χ2n) is 5.38. The highest BCUT2D eigenvalue weighted by Crippen LogP contribution is 2.40. The standard InChI is InChI=1S/C17H19BrN2/c18-15-7-9-16(10-8-15)20-17(11-19)14-5-3-13(4-6-14)12-1-2-12/h3-10,12,17,20H,1-2,11,19H2. The summed E-state index contributed by atoms with van der Waals surface area (Å²) in [6, 6.07) is 17.3. The first-order chi connectivity index (χ1) is 9.76. The topological polar surface area (TPSA) is 38.0 Å². The molecule has 1 fully saturated rings. The Morgan fingerprint density at radius 2 is 1.70 bits per heavy atom. The van der Waals surface area contributed by atoms with Crippen molar-refractivity contribution in [1.82, 2.24) is 0 Å². The summed E-state index contributed by atoms with van der Waals surface area (Å²) >= 11 is 3.45. The summed E-state index contributed by atoms with van der Waals surface area (Å²) in [6.07, 6.45) is 2.69. The Morgan fingerprint density at radius 1 is 1.05 bits per heavy atom. The lowest BCUT2D eigenvalue weighted by Crippen LogP contribution is -2.20. The third kappa shape index (κ3) is 3.22. The third-order valence-electron chi connectivity index (χ3n) is 3.81. The number of rotatable bonds is 5. The van der Waals surface area contributed by atoms with Crippen LogP contribution in [0.3, 0.4) is 0 Å². The van der Waals surface area contributed by atoms with E-state index in [2.05, 4.69) is 57.6 Å². The van der Waals surface area contributed by atoms with E-state index in [0.29, 0.717) is 6.54 Å². The molecule has 1 unspecified atom stereocenters. The number of nitrogens with one attached hydrogen (secondary N) is 1. The van der Waals surface area contributed by atoms with Crippen LogP contribution in [0.4, 0.5) is 5.69 Å². The summed E-state index contributed by atoms with van der Waals surface area (Å²) in [5, 5.41) is 3.49. The molecule has 3 N–H and O–H groups in total. The molecule has 0 aromatic heterocycles. The fraction of sp³-hybridized carbons (Fsp3) is 0.294. The molecule has 0 aliphatic heterocycles. The monoisotopic (exact) mass is 330 g/mol. The van der Waals surface area contributed by atoms with Crippen molar-refractivity contribution < 1.29 is 0 Å². The first kappa shape index (κ1) is 13.7. The largest absolute Gasteiger partial charge is 0.377 e. The molecule has 0 amide bonds. The molecule has 1 aliphatic carbocycles. The molecule has 2 aromatic rings. The highest BCUT2D eigenvalue weighted by Gasteiger charge is 2.23. The lowest BCUT2D eigenvalue weighted by molar-refractivity contribution is 0.789. The minimum atomic E-state index is 0.157. The lowest BCUT2D eigenvalue weighted by Gasteiger charge is -2.19. The minimum absolute atomic E-state index is 0.157. The van der Waals surface area contributed by atoms with Gasteiger partial charge in [-0.2, -0.15) is 0 Å². The Kier molecular flexibility index (Phi) is 4.08. The van der Waals surface area contributed by atoms with Crippen LogP contribution in [0.25, 0.3) is 0 Å². The van der Waals surface area contributed by atoms with E-state index in [-0.39, 0.29) is 6.04 Å². The number of nitrogens with two attached hydrogens (primary N) is 1. The van der Waals surface area contributed by atoms with Crippen LogP contribution in [0.2, 0.25) is 0 Å². The Bertz CT molecular complexity index is 559. The first-order valence-electron chi connectivity index (χ1n) is 7.08. The Morgan fingerprint density at radius 3 is 2.25 bits per heavy atom. The highest BCUT2D eigenvalue weighted by atomic mass is 79.9. The molecule has 0 heterocycles. The van der Waals surface area contributed by atoms with E-state index in [1.165, 1.54) is 24.0 Å². The molecule has 104 valence electrons. The quantitative estimate of drug-likeness (QED) is 0.850. The van der Waals surface area contributed by atoms with Gasteiger partial charge in [-0.1, -0.05) is 40.2 Å². The Labute approximate surface area is 128 Å². The minimum Gasteiger partial charge on any atom is -0.377 e. The number of halogens is 1. The van der Waals surface area contributed by atoms with Gasteiger partial charge in [0, 0.05) is 16.7 Å². The van der Waals surface area contributed by atoms with Crippen LogP contribution in [0.1, 0.15) is 35.9 Å².